The van der Waals surface area contributed by atoms with Crippen LogP contribution in [0.15, 0.2) is 64.1 Å². The Balaban J connectivity index is 1.90. The van der Waals surface area contributed by atoms with Crippen molar-refractivity contribution in [2.45, 2.75) is 0 Å². The van der Waals surface area contributed by atoms with Crippen molar-refractivity contribution < 1.29 is 9.59 Å². The molecule has 0 aromatic heterocycles. The largest absolute Gasteiger partial charge is 0.301 e. The van der Waals surface area contributed by atoms with Crippen LogP contribution in [0.1, 0.15) is 0 Å². The topological polar surface area (TPSA) is 61.8 Å². The van der Waals surface area contributed by atoms with Gasteiger partial charge in [0.15, 0.2) is 11.0 Å². The molecule has 7 heteroatoms. The molecule has 3 rings (SSSR count). The van der Waals surface area contributed by atoms with Gasteiger partial charge in [-0.1, -0.05) is 30.3 Å². The number of halogens is 1. The number of thiocarbonyl (C=S) groups is 1. The predicted molar refractivity (Wildman–Crippen MR) is 100 cm³/mol. The van der Waals surface area contributed by atoms with Gasteiger partial charge >= 0.3 is 0 Å². The lowest BCUT2D eigenvalue weighted by molar-refractivity contribution is -0.130. The number of nitrogens with one attached hydrogen (secondary N) is 1. The molecule has 5 nitrogen and oxygen atoms in total. The molecule has 1 aliphatic rings. The predicted octanol–water partition coefficient (Wildman–Crippen LogP) is 3.22. The Morgan fingerprint density at radius 1 is 1.08 bits per heavy atom. The standard InChI is InChI=1S/C17H12BrN3O2S/c18-13-8-4-5-9-14(13)19-10-12-15(22)20-17(24)21(16(12)23)11-6-2-1-3-7-11/h1-10,12H,(H,20,22,24)/t12-/m1/s1. The second-order valence-corrected chi connectivity index (χ2v) is 6.25. The molecular formula is C17H12BrN3O2S. The summed E-state index contributed by atoms with van der Waals surface area (Å²) in [6, 6.07) is 16.2. The first kappa shape index (κ1) is 16.5. The number of amides is 2. The van der Waals surface area contributed by atoms with Gasteiger partial charge in [-0.05, 0) is 52.4 Å². The van der Waals surface area contributed by atoms with Gasteiger partial charge in [0.2, 0.25) is 5.91 Å². The second-order valence-electron chi connectivity index (χ2n) is 5.01. The van der Waals surface area contributed by atoms with Crippen molar-refractivity contribution in [3.05, 3.63) is 59.1 Å². The fourth-order valence-corrected chi connectivity index (χ4v) is 2.94. The van der Waals surface area contributed by atoms with Crippen LogP contribution in [0.5, 0.6) is 0 Å². The van der Waals surface area contributed by atoms with E-state index >= 15 is 0 Å². The Bertz CT molecular complexity index is 839. The fourth-order valence-electron chi connectivity index (χ4n) is 2.25. The molecule has 0 aliphatic carbocycles. The molecule has 0 spiro atoms. The zero-order valence-electron chi connectivity index (χ0n) is 12.3. The van der Waals surface area contributed by atoms with E-state index in [1.807, 2.05) is 24.3 Å². The highest BCUT2D eigenvalue weighted by Crippen LogP contribution is 2.25. The van der Waals surface area contributed by atoms with Gasteiger partial charge in [0.25, 0.3) is 5.91 Å². The summed E-state index contributed by atoms with van der Waals surface area (Å²) in [6.45, 7) is 0. The summed E-state index contributed by atoms with van der Waals surface area (Å²) in [7, 11) is 0. The van der Waals surface area contributed by atoms with E-state index in [-0.39, 0.29) is 5.11 Å². The van der Waals surface area contributed by atoms with Crippen LogP contribution in [0.25, 0.3) is 0 Å². The normalized spacial score (nSPS) is 18.1. The van der Waals surface area contributed by atoms with E-state index in [0.29, 0.717) is 11.4 Å². The third kappa shape index (κ3) is 3.27. The minimum absolute atomic E-state index is 0.0711. The summed E-state index contributed by atoms with van der Waals surface area (Å²) in [4.78, 5) is 30.4. The maximum Gasteiger partial charge on any atom is 0.251 e. The number of rotatable bonds is 3. The van der Waals surface area contributed by atoms with Gasteiger partial charge in [0.05, 0.1) is 11.4 Å². The first-order valence-electron chi connectivity index (χ1n) is 7.10. The van der Waals surface area contributed by atoms with Gasteiger partial charge < -0.3 is 5.32 Å². The summed E-state index contributed by atoms with van der Waals surface area (Å²) in [6.07, 6.45) is 1.34. The van der Waals surface area contributed by atoms with Crippen molar-refractivity contribution in [1.82, 2.24) is 5.32 Å². The van der Waals surface area contributed by atoms with Crippen LogP contribution in [-0.2, 0) is 9.59 Å². The molecule has 1 aliphatic heterocycles. The van der Waals surface area contributed by atoms with E-state index in [4.69, 9.17) is 12.2 Å². The summed E-state index contributed by atoms with van der Waals surface area (Å²) < 4.78 is 0.778. The average Bonchev–Trinajstić information content (AvgIpc) is 2.57. The number of anilines is 1. The zero-order valence-corrected chi connectivity index (χ0v) is 14.8. The molecule has 1 saturated heterocycles. The number of para-hydroxylation sites is 2. The fraction of sp³-hybridized carbons (Fsp3) is 0.0588. The number of hydrogen-bond acceptors (Lipinski definition) is 4. The lowest BCUT2D eigenvalue weighted by Crippen LogP contribution is -2.58. The highest BCUT2D eigenvalue weighted by atomic mass is 79.9. The maximum absolute atomic E-state index is 12.7. The Kier molecular flexibility index (Phi) is 4.82. The molecule has 0 bridgehead atoms. The van der Waals surface area contributed by atoms with E-state index in [1.165, 1.54) is 11.1 Å². The molecule has 2 aromatic carbocycles. The summed E-state index contributed by atoms with van der Waals surface area (Å²) in [5, 5.41) is 2.62. The highest BCUT2D eigenvalue weighted by molar-refractivity contribution is 9.10. The quantitative estimate of drug-likeness (QED) is 0.487. The van der Waals surface area contributed by atoms with Crippen LogP contribution >= 0.6 is 28.1 Å². The van der Waals surface area contributed by atoms with Crippen molar-refractivity contribution in [3.63, 3.8) is 0 Å². The molecule has 120 valence electrons. The number of nitrogens with zero attached hydrogens (tertiary/aromatic N) is 2. The van der Waals surface area contributed by atoms with Crippen molar-refractivity contribution in [3.8, 4) is 0 Å². The summed E-state index contributed by atoms with van der Waals surface area (Å²) >= 11 is 8.52. The number of carbonyl (C=O) groups excluding carboxylic acids is 2. The lowest BCUT2D eigenvalue weighted by Gasteiger charge is -2.30. The van der Waals surface area contributed by atoms with E-state index in [2.05, 4.69) is 26.2 Å². The van der Waals surface area contributed by atoms with E-state index in [1.54, 1.807) is 30.3 Å². The smallest absolute Gasteiger partial charge is 0.251 e. The Labute approximate surface area is 152 Å². The molecule has 24 heavy (non-hydrogen) atoms. The lowest BCUT2D eigenvalue weighted by atomic mass is 10.1. The van der Waals surface area contributed by atoms with Crippen LogP contribution in [0.4, 0.5) is 11.4 Å². The molecule has 1 atom stereocenters. The molecule has 2 amide bonds. The number of aliphatic imine (C=N–C) groups is 1. The minimum atomic E-state index is -1.04. The van der Waals surface area contributed by atoms with Crippen LogP contribution in [-0.4, -0.2) is 23.1 Å². The van der Waals surface area contributed by atoms with E-state index in [9.17, 15) is 9.59 Å². The molecule has 1 N–H and O–H groups in total. The number of benzene rings is 2. The number of hydrogen-bond donors (Lipinski definition) is 1. The van der Waals surface area contributed by atoms with Crippen LogP contribution in [0.3, 0.4) is 0 Å². The highest BCUT2D eigenvalue weighted by Gasteiger charge is 2.38. The molecule has 0 unspecified atom stereocenters. The minimum Gasteiger partial charge on any atom is -0.301 e. The first-order valence-corrected chi connectivity index (χ1v) is 8.30. The monoisotopic (exact) mass is 401 g/mol. The summed E-state index contributed by atoms with van der Waals surface area (Å²) in [5.41, 5.74) is 1.24. The Morgan fingerprint density at radius 3 is 2.46 bits per heavy atom. The van der Waals surface area contributed by atoms with Gasteiger partial charge in [0.1, 0.15) is 0 Å². The van der Waals surface area contributed by atoms with Gasteiger partial charge in [-0.15, -0.1) is 0 Å². The second kappa shape index (κ2) is 7.02. The SMILES string of the molecule is O=C1NC(=S)N(c2ccccc2)C(=O)[C@@H]1C=Nc1ccccc1Br. The molecule has 0 radical (unpaired) electrons. The third-order valence-corrected chi connectivity index (χ3v) is 4.39. The van der Waals surface area contributed by atoms with Gasteiger partial charge in [-0.25, -0.2) is 0 Å². The van der Waals surface area contributed by atoms with Crippen molar-refractivity contribution >= 4 is 62.7 Å². The molecule has 2 aromatic rings. The summed E-state index contributed by atoms with van der Waals surface area (Å²) in [5.74, 6) is -1.94. The van der Waals surface area contributed by atoms with Crippen molar-refractivity contribution in [2.75, 3.05) is 4.90 Å². The van der Waals surface area contributed by atoms with Gasteiger partial charge in [-0.2, -0.15) is 0 Å². The number of carbonyl (C=O) groups is 2. The van der Waals surface area contributed by atoms with Gasteiger partial charge in [-0.3, -0.25) is 19.5 Å². The van der Waals surface area contributed by atoms with Crippen molar-refractivity contribution in [2.24, 2.45) is 10.9 Å². The Hall–Kier alpha value is -2.38. The van der Waals surface area contributed by atoms with Crippen LogP contribution < -0.4 is 10.2 Å². The van der Waals surface area contributed by atoms with Crippen LogP contribution in [0, 0.1) is 5.92 Å². The molecule has 1 heterocycles. The van der Waals surface area contributed by atoms with Gasteiger partial charge in [0, 0.05) is 10.7 Å². The van der Waals surface area contributed by atoms with Crippen LogP contribution in [0.2, 0.25) is 0 Å². The Morgan fingerprint density at radius 2 is 1.75 bits per heavy atom. The van der Waals surface area contributed by atoms with Crippen molar-refractivity contribution in [1.29, 1.82) is 0 Å². The maximum atomic E-state index is 12.7. The van der Waals surface area contributed by atoms with E-state index < -0.39 is 17.7 Å². The van der Waals surface area contributed by atoms with E-state index in [0.717, 1.165) is 4.47 Å². The average molecular weight is 402 g/mol. The molecular weight excluding hydrogens is 390 g/mol. The third-order valence-electron chi connectivity index (χ3n) is 3.43. The zero-order chi connectivity index (χ0) is 17.1. The molecule has 0 saturated carbocycles. The first-order chi connectivity index (χ1) is 11.6. The molecule has 1 fully saturated rings.